The minimum Gasteiger partial charge on any atom is -0.461 e. The van der Waals surface area contributed by atoms with Crippen molar-refractivity contribution >= 4 is 16.1 Å². The predicted octanol–water partition coefficient (Wildman–Crippen LogP) is 6.87. The molecule has 6 heteroatoms. The van der Waals surface area contributed by atoms with Gasteiger partial charge in [-0.25, -0.2) is 4.79 Å². The average Bonchev–Trinajstić information content (AvgIpc) is 2.84. The van der Waals surface area contributed by atoms with Crippen LogP contribution < -0.4 is 0 Å². The third-order valence-corrected chi connectivity index (χ3v) is 8.85. The molecule has 0 spiro atoms. The third kappa shape index (κ3) is 6.60. The van der Waals surface area contributed by atoms with Gasteiger partial charge in [-0.2, -0.15) is 8.42 Å². The second-order valence-corrected chi connectivity index (χ2v) is 12.1. The lowest BCUT2D eigenvalue weighted by Gasteiger charge is -2.32. The SMILES string of the molecule is O=C(OCCS(=O)(=O)O)c1c(C2CCCCC2)cc(C2CCCCC2)cc1C1CCCCC1. The molecule has 0 atom stereocenters. The van der Waals surface area contributed by atoms with Crippen molar-refractivity contribution in [3.8, 4) is 0 Å². The molecule has 0 bridgehead atoms. The summed E-state index contributed by atoms with van der Waals surface area (Å²) in [5.74, 6) is 0.349. The first-order valence-electron chi connectivity index (χ1n) is 13.2. The van der Waals surface area contributed by atoms with Crippen LogP contribution in [0.25, 0.3) is 0 Å². The summed E-state index contributed by atoms with van der Waals surface area (Å²) in [5.41, 5.74) is 4.42. The molecule has 33 heavy (non-hydrogen) atoms. The Morgan fingerprint density at radius 2 is 1.18 bits per heavy atom. The van der Waals surface area contributed by atoms with Crippen molar-refractivity contribution in [2.75, 3.05) is 12.4 Å². The Balaban J connectivity index is 1.74. The van der Waals surface area contributed by atoms with E-state index >= 15 is 0 Å². The molecule has 0 heterocycles. The minimum atomic E-state index is -4.16. The molecule has 0 amide bonds. The van der Waals surface area contributed by atoms with E-state index in [1.807, 2.05) is 0 Å². The highest BCUT2D eigenvalue weighted by atomic mass is 32.2. The Hall–Kier alpha value is -1.40. The zero-order valence-electron chi connectivity index (χ0n) is 19.9. The third-order valence-electron chi connectivity index (χ3n) is 8.17. The number of carbonyl (C=O) groups excluding carboxylic acids is 1. The largest absolute Gasteiger partial charge is 0.461 e. The van der Waals surface area contributed by atoms with E-state index < -0.39 is 21.8 Å². The fraction of sp³-hybridized carbons (Fsp3) is 0.741. The lowest BCUT2D eigenvalue weighted by molar-refractivity contribution is 0.0523. The standard InChI is InChI=1S/C27H40O5S/c28-27(32-16-17-33(29,30)31)26-24(21-12-6-2-7-13-21)18-23(20-10-4-1-5-11-20)19-25(26)22-14-8-3-9-15-22/h18-22H,1-17H2,(H,29,30,31). The van der Waals surface area contributed by atoms with E-state index in [2.05, 4.69) is 12.1 Å². The second-order valence-electron chi connectivity index (χ2n) is 10.5. The Labute approximate surface area is 199 Å². The van der Waals surface area contributed by atoms with Crippen LogP contribution in [0.2, 0.25) is 0 Å². The number of ether oxygens (including phenoxy) is 1. The number of rotatable bonds is 7. The highest BCUT2D eigenvalue weighted by Gasteiger charge is 2.31. The molecule has 3 saturated carbocycles. The van der Waals surface area contributed by atoms with E-state index in [1.165, 1.54) is 76.2 Å². The molecule has 1 aromatic carbocycles. The van der Waals surface area contributed by atoms with Crippen molar-refractivity contribution in [3.05, 3.63) is 34.4 Å². The molecule has 1 aromatic rings. The molecule has 3 aliphatic rings. The topological polar surface area (TPSA) is 80.7 Å². The van der Waals surface area contributed by atoms with Crippen molar-refractivity contribution in [2.45, 2.75) is 114 Å². The van der Waals surface area contributed by atoms with E-state index in [4.69, 9.17) is 9.29 Å². The summed E-state index contributed by atoms with van der Waals surface area (Å²) in [6.45, 7) is -0.309. The van der Waals surface area contributed by atoms with Crippen molar-refractivity contribution < 1.29 is 22.5 Å². The molecular formula is C27H40O5S. The zero-order valence-corrected chi connectivity index (χ0v) is 20.7. The van der Waals surface area contributed by atoms with Crippen LogP contribution in [-0.4, -0.2) is 31.3 Å². The molecule has 0 aliphatic heterocycles. The molecule has 3 aliphatic carbocycles. The Morgan fingerprint density at radius 1 is 0.758 bits per heavy atom. The van der Waals surface area contributed by atoms with Gasteiger partial charge < -0.3 is 4.74 Å². The van der Waals surface area contributed by atoms with Gasteiger partial charge in [0.25, 0.3) is 10.1 Å². The number of benzene rings is 1. The van der Waals surface area contributed by atoms with E-state index in [0.29, 0.717) is 23.3 Å². The lowest BCUT2D eigenvalue weighted by Crippen LogP contribution is -2.21. The van der Waals surface area contributed by atoms with E-state index in [1.54, 1.807) is 0 Å². The van der Waals surface area contributed by atoms with Gasteiger partial charge in [0.1, 0.15) is 12.4 Å². The maximum Gasteiger partial charge on any atom is 0.338 e. The Kier molecular flexibility index (Phi) is 8.50. The summed E-state index contributed by atoms with van der Waals surface area (Å²) in [4.78, 5) is 13.4. The summed E-state index contributed by atoms with van der Waals surface area (Å²) >= 11 is 0. The van der Waals surface area contributed by atoms with E-state index in [9.17, 15) is 13.2 Å². The van der Waals surface area contributed by atoms with Gasteiger partial charge >= 0.3 is 5.97 Å². The Bertz CT molecular complexity index is 865. The van der Waals surface area contributed by atoms with Gasteiger partial charge in [0.05, 0.1) is 5.56 Å². The quantitative estimate of drug-likeness (QED) is 0.343. The van der Waals surface area contributed by atoms with Gasteiger partial charge in [-0.1, -0.05) is 69.9 Å². The normalized spacial score (nSPS) is 21.7. The molecule has 1 N–H and O–H groups in total. The highest BCUT2D eigenvalue weighted by Crippen LogP contribution is 2.44. The molecule has 3 fully saturated rings. The number of hydrogen-bond donors (Lipinski definition) is 1. The van der Waals surface area contributed by atoms with Gasteiger partial charge in [-0.15, -0.1) is 0 Å². The van der Waals surface area contributed by atoms with Crippen molar-refractivity contribution in [1.29, 1.82) is 0 Å². The maximum atomic E-state index is 13.4. The summed E-state index contributed by atoms with van der Waals surface area (Å²) in [7, 11) is -4.16. The van der Waals surface area contributed by atoms with Crippen LogP contribution in [-0.2, 0) is 14.9 Å². The predicted molar refractivity (Wildman–Crippen MR) is 131 cm³/mol. The van der Waals surface area contributed by atoms with Gasteiger partial charge in [-0.3, -0.25) is 4.55 Å². The average molecular weight is 477 g/mol. The first-order valence-corrected chi connectivity index (χ1v) is 14.8. The fourth-order valence-corrected chi connectivity index (χ4v) is 6.70. The first kappa shape index (κ1) is 24.7. The summed E-state index contributed by atoms with van der Waals surface area (Å²) < 4.78 is 36.9. The molecule has 4 rings (SSSR count). The molecule has 0 unspecified atom stereocenters. The Morgan fingerprint density at radius 3 is 1.61 bits per heavy atom. The monoisotopic (exact) mass is 476 g/mol. The van der Waals surface area contributed by atoms with Crippen LogP contribution in [0.5, 0.6) is 0 Å². The van der Waals surface area contributed by atoms with Crippen LogP contribution in [0.1, 0.15) is 141 Å². The number of hydrogen-bond acceptors (Lipinski definition) is 4. The lowest BCUT2D eigenvalue weighted by atomic mass is 9.73. The maximum absolute atomic E-state index is 13.4. The van der Waals surface area contributed by atoms with Gasteiger partial charge in [-0.05, 0) is 73.0 Å². The molecule has 0 saturated heterocycles. The van der Waals surface area contributed by atoms with Gasteiger partial charge in [0, 0.05) is 0 Å². The van der Waals surface area contributed by atoms with Crippen LogP contribution in [0.15, 0.2) is 12.1 Å². The van der Waals surface area contributed by atoms with Crippen LogP contribution in [0.3, 0.4) is 0 Å². The van der Waals surface area contributed by atoms with Crippen molar-refractivity contribution in [1.82, 2.24) is 0 Å². The summed E-state index contributed by atoms with van der Waals surface area (Å²) in [6.07, 6.45) is 18.0. The fourth-order valence-electron chi connectivity index (χ4n) is 6.40. The smallest absolute Gasteiger partial charge is 0.338 e. The molecule has 5 nitrogen and oxygen atoms in total. The minimum absolute atomic E-state index is 0.309. The second kappa shape index (κ2) is 11.4. The molecule has 184 valence electrons. The summed E-state index contributed by atoms with van der Waals surface area (Å²) in [6, 6.07) is 4.63. The van der Waals surface area contributed by atoms with Crippen LogP contribution in [0, 0.1) is 0 Å². The highest BCUT2D eigenvalue weighted by molar-refractivity contribution is 7.85. The van der Waals surface area contributed by atoms with Crippen LogP contribution >= 0.6 is 0 Å². The van der Waals surface area contributed by atoms with Crippen molar-refractivity contribution in [3.63, 3.8) is 0 Å². The van der Waals surface area contributed by atoms with E-state index in [-0.39, 0.29) is 6.61 Å². The molecular weight excluding hydrogens is 436 g/mol. The first-order chi connectivity index (χ1) is 15.9. The van der Waals surface area contributed by atoms with Crippen LogP contribution in [0.4, 0.5) is 0 Å². The summed E-state index contributed by atoms with van der Waals surface area (Å²) in [5, 5.41) is 0. The number of carbonyl (C=O) groups is 1. The van der Waals surface area contributed by atoms with Crippen molar-refractivity contribution in [2.24, 2.45) is 0 Å². The van der Waals surface area contributed by atoms with Gasteiger partial charge in [0.15, 0.2) is 0 Å². The molecule has 0 aromatic heterocycles. The van der Waals surface area contributed by atoms with Gasteiger partial charge in [0.2, 0.25) is 0 Å². The van der Waals surface area contributed by atoms with E-state index in [0.717, 1.165) is 36.8 Å². The number of esters is 1. The zero-order chi connectivity index (χ0) is 23.3. The molecule has 0 radical (unpaired) electrons.